The number of nitrogens with two attached hydrogens (primary N) is 1. The van der Waals surface area contributed by atoms with Gasteiger partial charge < -0.3 is 10.5 Å². The summed E-state index contributed by atoms with van der Waals surface area (Å²) in [6.07, 6.45) is 3.73. The second-order valence-electron chi connectivity index (χ2n) is 4.87. The molecule has 0 spiro atoms. The molecule has 0 bridgehead atoms. The maximum atomic E-state index is 12.0. The number of nitrogens with one attached hydrogen (secondary N) is 1. The number of rotatable bonds is 7. The summed E-state index contributed by atoms with van der Waals surface area (Å²) in [4.78, 5) is 26.5. The van der Waals surface area contributed by atoms with Crippen LogP contribution in [0.3, 0.4) is 0 Å². The van der Waals surface area contributed by atoms with Crippen molar-refractivity contribution in [2.24, 2.45) is 10.8 Å². The highest BCUT2D eigenvalue weighted by molar-refractivity contribution is 6.02. The van der Waals surface area contributed by atoms with Crippen LogP contribution in [0.15, 0.2) is 53.9 Å². The maximum absolute atomic E-state index is 12.0. The van der Waals surface area contributed by atoms with E-state index in [0.717, 1.165) is 11.3 Å². The molecule has 0 aliphatic rings. The van der Waals surface area contributed by atoms with Crippen molar-refractivity contribution in [1.29, 1.82) is 0 Å². The Hall–Kier alpha value is -3.22. The van der Waals surface area contributed by atoms with E-state index in [-0.39, 0.29) is 12.5 Å². The number of carbonyl (C=O) groups is 2. The van der Waals surface area contributed by atoms with Crippen molar-refractivity contribution in [2.75, 3.05) is 6.61 Å². The molecule has 0 saturated carbocycles. The molecule has 0 fully saturated rings. The van der Waals surface area contributed by atoms with Crippen molar-refractivity contribution in [3.05, 3.63) is 59.9 Å². The second-order valence-corrected chi connectivity index (χ2v) is 4.87. The lowest BCUT2D eigenvalue weighted by Gasteiger charge is -2.07. The highest BCUT2D eigenvalue weighted by Gasteiger charge is 2.06. The minimum atomic E-state index is -0.534. The van der Waals surface area contributed by atoms with E-state index in [4.69, 9.17) is 10.5 Å². The molecule has 0 unspecified atom stereocenters. The molecule has 0 radical (unpaired) electrons. The summed E-state index contributed by atoms with van der Waals surface area (Å²) < 4.78 is 5.20. The van der Waals surface area contributed by atoms with E-state index >= 15 is 0 Å². The summed E-state index contributed by atoms with van der Waals surface area (Å²) in [5, 5.41) is 4.17. The van der Waals surface area contributed by atoms with Gasteiger partial charge >= 0.3 is 0 Å². The molecule has 2 rings (SSSR count). The van der Waals surface area contributed by atoms with E-state index in [9.17, 15) is 9.59 Å². The lowest BCUT2D eigenvalue weighted by atomic mass is 10.1. The fraction of sp³-hybridized carbons (Fsp3) is 0.176. The van der Waals surface area contributed by atoms with Crippen LogP contribution < -0.4 is 15.9 Å². The minimum Gasteiger partial charge on any atom is -0.484 e. The molecule has 124 valence electrons. The van der Waals surface area contributed by atoms with Gasteiger partial charge in [0.25, 0.3) is 11.8 Å². The number of pyridine rings is 1. The molecule has 7 heteroatoms. The summed E-state index contributed by atoms with van der Waals surface area (Å²) in [6, 6.07) is 10.3. The highest BCUT2D eigenvalue weighted by Crippen LogP contribution is 2.14. The Balaban J connectivity index is 2.04. The van der Waals surface area contributed by atoms with E-state index in [1.54, 1.807) is 48.8 Å². The third-order valence-electron chi connectivity index (χ3n) is 3.14. The van der Waals surface area contributed by atoms with Crippen molar-refractivity contribution < 1.29 is 14.3 Å². The van der Waals surface area contributed by atoms with Crippen molar-refractivity contribution in [2.45, 2.75) is 13.3 Å². The van der Waals surface area contributed by atoms with Crippen LogP contribution in [-0.4, -0.2) is 29.1 Å². The largest absolute Gasteiger partial charge is 0.484 e. The topological polar surface area (TPSA) is 107 Å². The van der Waals surface area contributed by atoms with Gasteiger partial charge in [0.2, 0.25) is 0 Å². The average Bonchev–Trinajstić information content (AvgIpc) is 2.62. The third kappa shape index (κ3) is 4.91. The van der Waals surface area contributed by atoms with Crippen LogP contribution in [0.2, 0.25) is 0 Å². The SMILES string of the molecule is CCC(=NNC(=O)c1ccncc1)c1ccc(OCC(N)=O)cc1. The second kappa shape index (κ2) is 8.42. The Morgan fingerprint density at radius 3 is 2.38 bits per heavy atom. The Morgan fingerprint density at radius 2 is 1.79 bits per heavy atom. The lowest BCUT2D eigenvalue weighted by molar-refractivity contribution is -0.119. The van der Waals surface area contributed by atoms with Gasteiger partial charge in [-0.05, 0) is 48.4 Å². The molecule has 0 aliphatic heterocycles. The van der Waals surface area contributed by atoms with Crippen molar-refractivity contribution in [3.63, 3.8) is 0 Å². The predicted molar refractivity (Wildman–Crippen MR) is 89.7 cm³/mol. The summed E-state index contributed by atoms with van der Waals surface area (Å²) in [5.41, 5.74) is 9.61. The van der Waals surface area contributed by atoms with Gasteiger partial charge in [-0.1, -0.05) is 6.92 Å². The number of hydrogen-bond acceptors (Lipinski definition) is 5. The zero-order valence-electron chi connectivity index (χ0n) is 13.2. The number of nitrogens with zero attached hydrogens (tertiary/aromatic N) is 2. The van der Waals surface area contributed by atoms with E-state index in [0.29, 0.717) is 17.7 Å². The van der Waals surface area contributed by atoms with Crippen molar-refractivity contribution in [3.8, 4) is 5.75 Å². The normalized spacial score (nSPS) is 11.0. The van der Waals surface area contributed by atoms with Crippen LogP contribution in [0.1, 0.15) is 29.3 Å². The number of hydrogen-bond donors (Lipinski definition) is 2. The molecule has 2 amide bonds. The molecule has 1 aromatic heterocycles. The molecule has 1 heterocycles. The Labute approximate surface area is 139 Å². The first-order chi connectivity index (χ1) is 11.6. The van der Waals surface area contributed by atoms with Gasteiger partial charge in [-0.15, -0.1) is 0 Å². The number of ether oxygens (including phenoxy) is 1. The molecule has 3 N–H and O–H groups in total. The van der Waals surface area contributed by atoms with Gasteiger partial charge in [-0.2, -0.15) is 5.10 Å². The van der Waals surface area contributed by atoms with Crippen LogP contribution in [0.5, 0.6) is 5.75 Å². The Bertz CT molecular complexity index is 727. The van der Waals surface area contributed by atoms with Crippen molar-refractivity contribution in [1.82, 2.24) is 10.4 Å². The molecule has 0 saturated heterocycles. The van der Waals surface area contributed by atoms with Crippen LogP contribution in [0, 0.1) is 0 Å². The van der Waals surface area contributed by atoms with Gasteiger partial charge in [0.15, 0.2) is 6.61 Å². The number of aromatic nitrogens is 1. The molecular weight excluding hydrogens is 308 g/mol. The van der Waals surface area contributed by atoms with Gasteiger partial charge in [0.1, 0.15) is 5.75 Å². The van der Waals surface area contributed by atoms with Crippen molar-refractivity contribution >= 4 is 17.5 Å². The fourth-order valence-corrected chi connectivity index (χ4v) is 1.93. The van der Waals surface area contributed by atoms with E-state index in [2.05, 4.69) is 15.5 Å². The molecule has 7 nitrogen and oxygen atoms in total. The zero-order valence-corrected chi connectivity index (χ0v) is 13.2. The first kappa shape index (κ1) is 17.1. The van der Waals surface area contributed by atoms with Gasteiger partial charge in [-0.25, -0.2) is 5.43 Å². The number of hydrazone groups is 1. The lowest BCUT2D eigenvalue weighted by Crippen LogP contribution is -2.20. The smallest absolute Gasteiger partial charge is 0.271 e. The first-order valence-corrected chi connectivity index (χ1v) is 7.38. The number of amides is 2. The van der Waals surface area contributed by atoms with Gasteiger partial charge in [0.05, 0.1) is 5.71 Å². The molecule has 0 atom stereocenters. The average molecular weight is 326 g/mol. The van der Waals surface area contributed by atoms with Crippen LogP contribution in [-0.2, 0) is 4.79 Å². The zero-order chi connectivity index (χ0) is 17.4. The summed E-state index contributed by atoms with van der Waals surface area (Å²) in [5.74, 6) is -0.299. The number of primary amides is 1. The quantitative estimate of drug-likeness (QED) is 0.594. The number of carbonyl (C=O) groups excluding carboxylic acids is 2. The minimum absolute atomic E-state index is 0.171. The predicted octanol–water partition coefficient (Wildman–Crippen LogP) is 1.49. The van der Waals surface area contributed by atoms with Crippen LogP contribution in [0.25, 0.3) is 0 Å². The Kier molecular flexibility index (Phi) is 6.01. The monoisotopic (exact) mass is 326 g/mol. The van der Waals surface area contributed by atoms with E-state index in [1.165, 1.54) is 0 Å². The molecular formula is C17H18N4O3. The molecule has 1 aromatic carbocycles. The summed E-state index contributed by atoms with van der Waals surface area (Å²) in [6.45, 7) is 1.77. The fourth-order valence-electron chi connectivity index (χ4n) is 1.93. The third-order valence-corrected chi connectivity index (χ3v) is 3.14. The maximum Gasteiger partial charge on any atom is 0.271 e. The summed E-state index contributed by atoms with van der Waals surface area (Å²) >= 11 is 0. The molecule has 0 aliphatic carbocycles. The Morgan fingerprint density at radius 1 is 1.12 bits per heavy atom. The number of benzene rings is 1. The first-order valence-electron chi connectivity index (χ1n) is 7.38. The van der Waals surface area contributed by atoms with Gasteiger partial charge in [-0.3, -0.25) is 14.6 Å². The highest BCUT2D eigenvalue weighted by atomic mass is 16.5. The summed E-state index contributed by atoms with van der Waals surface area (Å²) in [7, 11) is 0. The van der Waals surface area contributed by atoms with E-state index in [1.807, 2.05) is 6.92 Å². The molecule has 2 aromatic rings. The van der Waals surface area contributed by atoms with Gasteiger partial charge in [0, 0.05) is 18.0 Å². The standard InChI is InChI=1S/C17H18N4O3/c1-2-15(20-21-17(23)13-7-9-19-10-8-13)12-3-5-14(6-4-12)24-11-16(18)22/h3-10H,2,11H2,1H3,(H2,18,22)(H,21,23). The molecule has 24 heavy (non-hydrogen) atoms. The van der Waals surface area contributed by atoms with Crippen LogP contribution >= 0.6 is 0 Å². The van der Waals surface area contributed by atoms with E-state index < -0.39 is 5.91 Å². The van der Waals surface area contributed by atoms with Crippen LogP contribution in [0.4, 0.5) is 0 Å².